The minimum atomic E-state index is -0.708. The van der Waals surface area contributed by atoms with Crippen LogP contribution in [0.15, 0.2) is 36.5 Å². The Labute approximate surface area is 213 Å². The summed E-state index contributed by atoms with van der Waals surface area (Å²) < 4.78 is 4.23. The van der Waals surface area contributed by atoms with Crippen LogP contribution in [0.1, 0.15) is 39.4 Å². The van der Waals surface area contributed by atoms with Crippen molar-refractivity contribution in [2.75, 3.05) is 42.4 Å². The zero-order valence-corrected chi connectivity index (χ0v) is 21.2. The van der Waals surface area contributed by atoms with Crippen LogP contribution < -0.4 is 26.2 Å². The van der Waals surface area contributed by atoms with Crippen LogP contribution in [0.4, 0.5) is 22.3 Å². The van der Waals surface area contributed by atoms with E-state index in [-0.39, 0.29) is 30.1 Å². The van der Waals surface area contributed by atoms with Crippen molar-refractivity contribution < 1.29 is 14.7 Å². The quantitative estimate of drug-likeness (QED) is 0.356. The van der Waals surface area contributed by atoms with Gasteiger partial charge in [0, 0.05) is 31.9 Å². The Bertz CT molecular complexity index is 1230. The molecule has 0 saturated carbocycles. The number of aromatic nitrogens is 3. The average Bonchev–Trinajstić information content (AvgIpc) is 3.28. The van der Waals surface area contributed by atoms with Gasteiger partial charge in [0.1, 0.15) is 10.8 Å². The fourth-order valence-electron chi connectivity index (χ4n) is 4.22. The molecular formula is C24H30N8O3S. The number of hydrogen-bond donors (Lipinski definition) is 4. The number of benzene rings is 1. The third-order valence-electron chi connectivity index (χ3n) is 6.09. The van der Waals surface area contributed by atoms with E-state index in [9.17, 15) is 14.7 Å². The van der Waals surface area contributed by atoms with Gasteiger partial charge in [-0.15, -0.1) is 0 Å². The Balaban J connectivity index is 1.55. The molecule has 190 valence electrons. The lowest BCUT2D eigenvalue weighted by atomic mass is 9.96. The summed E-state index contributed by atoms with van der Waals surface area (Å²) in [6.45, 7) is 2.28. The van der Waals surface area contributed by atoms with E-state index in [4.69, 9.17) is 5.73 Å². The smallest absolute Gasteiger partial charge is 0.271 e. The molecule has 0 bridgehead atoms. The number of rotatable bonds is 8. The molecule has 1 saturated heterocycles. The Hall–Kier alpha value is -3.77. The molecule has 12 heteroatoms. The van der Waals surface area contributed by atoms with Crippen LogP contribution >= 0.6 is 11.5 Å². The number of hydrogen-bond acceptors (Lipinski definition) is 10. The van der Waals surface area contributed by atoms with Crippen LogP contribution in [0, 0.1) is 6.92 Å². The van der Waals surface area contributed by atoms with Crippen molar-refractivity contribution in [1.29, 1.82) is 0 Å². The van der Waals surface area contributed by atoms with E-state index in [2.05, 4.69) is 25.0 Å². The largest absolute Gasteiger partial charge is 0.394 e. The summed E-state index contributed by atoms with van der Waals surface area (Å²) in [6.07, 6.45) is 2.95. The minimum Gasteiger partial charge on any atom is -0.394 e. The highest BCUT2D eigenvalue weighted by molar-refractivity contribution is 7.10. The van der Waals surface area contributed by atoms with Gasteiger partial charge < -0.3 is 31.3 Å². The van der Waals surface area contributed by atoms with E-state index in [0.29, 0.717) is 29.3 Å². The van der Waals surface area contributed by atoms with Gasteiger partial charge >= 0.3 is 0 Å². The van der Waals surface area contributed by atoms with E-state index in [1.807, 2.05) is 49.0 Å². The molecule has 2 amide bonds. The maximum absolute atomic E-state index is 13.0. The molecule has 11 nitrogen and oxygen atoms in total. The van der Waals surface area contributed by atoms with Crippen LogP contribution in [0.2, 0.25) is 0 Å². The van der Waals surface area contributed by atoms with Crippen molar-refractivity contribution in [3.8, 4) is 0 Å². The van der Waals surface area contributed by atoms with Crippen molar-refractivity contribution in [3.63, 3.8) is 0 Å². The number of aliphatic hydroxyl groups is 1. The highest BCUT2D eigenvalue weighted by atomic mass is 32.1. The first-order valence-corrected chi connectivity index (χ1v) is 12.4. The van der Waals surface area contributed by atoms with Gasteiger partial charge in [0.2, 0.25) is 0 Å². The van der Waals surface area contributed by atoms with Crippen LogP contribution in [-0.4, -0.2) is 70.6 Å². The fraction of sp³-hybridized carbons (Fsp3) is 0.375. The van der Waals surface area contributed by atoms with Crippen LogP contribution in [0.5, 0.6) is 0 Å². The molecule has 2 aromatic heterocycles. The topological polar surface area (TPSA) is 150 Å². The molecule has 4 rings (SSSR count). The minimum absolute atomic E-state index is 0.00776. The predicted molar refractivity (Wildman–Crippen MR) is 140 cm³/mol. The third-order valence-corrected chi connectivity index (χ3v) is 6.88. The highest BCUT2D eigenvalue weighted by Crippen LogP contribution is 2.28. The van der Waals surface area contributed by atoms with E-state index in [1.54, 1.807) is 12.1 Å². The Morgan fingerprint density at radius 3 is 2.64 bits per heavy atom. The molecule has 2 unspecified atom stereocenters. The molecule has 1 aliphatic rings. The number of carbonyl (C=O) groups excluding carboxylic acids is 2. The first-order valence-electron chi connectivity index (χ1n) is 11.6. The molecule has 0 aliphatic carbocycles. The summed E-state index contributed by atoms with van der Waals surface area (Å²) in [5.74, 6) is -0.228. The standard InChI is InChI=1S/C24H30N8O3S/c1-14-11-20(36-30-14)29-23-21(22(25)34)26-12-19(28-23)32-10-4-5-17(18(32)13-33)27-24(35)15-6-8-16(9-7-15)31(2)3/h6-9,11-12,17-18,33H,4-5,10,13H2,1-3H3,(H2,25,34)(H,27,35)(H,28,29). The van der Waals surface area contributed by atoms with Crippen molar-refractivity contribution in [2.24, 2.45) is 5.73 Å². The van der Waals surface area contributed by atoms with Crippen LogP contribution in [0.25, 0.3) is 0 Å². The maximum Gasteiger partial charge on any atom is 0.271 e. The number of nitrogens with zero attached hydrogens (tertiary/aromatic N) is 5. The SMILES string of the molecule is Cc1cc(Nc2nc(N3CCCC(NC(=O)c4ccc(N(C)C)cc4)C3CO)cnc2C(N)=O)sn1. The molecule has 3 aromatic rings. The van der Waals surface area contributed by atoms with Gasteiger partial charge in [0.25, 0.3) is 11.8 Å². The van der Waals surface area contributed by atoms with Crippen molar-refractivity contribution >= 4 is 45.7 Å². The number of primary amides is 1. The normalized spacial score (nSPS) is 17.5. The fourth-order valence-corrected chi connectivity index (χ4v) is 4.88. The lowest BCUT2D eigenvalue weighted by molar-refractivity contribution is 0.0910. The monoisotopic (exact) mass is 510 g/mol. The molecule has 0 radical (unpaired) electrons. The number of piperidine rings is 1. The number of amides is 2. The molecular weight excluding hydrogens is 480 g/mol. The Morgan fingerprint density at radius 2 is 2.03 bits per heavy atom. The first kappa shape index (κ1) is 25.3. The lowest BCUT2D eigenvalue weighted by Gasteiger charge is -2.41. The zero-order valence-electron chi connectivity index (χ0n) is 20.4. The van der Waals surface area contributed by atoms with Gasteiger partial charge in [-0.3, -0.25) is 9.59 Å². The van der Waals surface area contributed by atoms with E-state index in [1.165, 1.54) is 17.7 Å². The summed E-state index contributed by atoms with van der Waals surface area (Å²) in [4.78, 5) is 37.7. The summed E-state index contributed by atoms with van der Waals surface area (Å²) in [7, 11) is 3.88. The van der Waals surface area contributed by atoms with E-state index in [0.717, 1.165) is 17.8 Å². The number of carbonyl (C=O) groups is 2. The van der Waals surface area contributed by atoms with Crippen LogP contribution in [0.3, 0.4) is 0 Å². The van der Waals surface area contributed by atoms with Gasteiger partial charge in [-0.05, 0) is 61.6 Å². The lowest BCUT2D eigenvalue weighted by Crippen LogP contribution is -2.57. The Kier molecular flexibility index (Phi) is 7.65. The second kappa shape index (κ2) is 10.9. The van der Waals surface area contributed by atoms with Crippen molar-refractivity contribution in [1.82, 2.24) is 19.7 Å². The van der Waals surface area contributed by atoms with Crippen LogP contribution in [-0.2, 0) is 0 Å². The second-order valence-corrected chi connectivity index (χ2v) is 9.66. The van der Waals surface area contributed by atoms with E-state index >= 15 is 0 Å². The summed E-state index contributed by atoms with van der Waals surface area (Å²) >= 11 is 1.23. The summed E-state index contributed by atoms with van der Waals surface area (Å²) in [5.41, 5.74) is 7.90. The molecule has 1 fully saturated rings. The number of nitrogens with two attached hydrogens (primary N) is 1. The molecule has 0 spiro atoms. The van der Waals surface area contributed by atoms with Gasteiger partial charge in [-0.2, -0.15) is 4.37 Å². The number of anilines is 4. The predicted octanol–water partition coefficient (Wildman–Crippen LogP) is 1.91. The van der Waals surface area contributed by atoms with Crippen molar-refractivity contribution in [2.45, 2.75) is 31.8 Å². The van der Waals surface area contributed by atoms with E-state index < -0.39 is 11.9 Å². The highest BCUT2D eigenvalue weighted by Gasteiger charge is 2.34. The molecule has 3 heterocycles. The molecule has 1 aromatic carbocycles. The number of nitrogens with one attached hydrogen (secondary N) is 2. The number of aryl methyl sites for hydroxylation is 1. The third kappa shape index (κ3) is 5.55. The van der Waals surface area contributed by atoms with Gasteiger partial charge in [0.15, 0.2) is 11.5 Å². The van der Waals surface area contributed by atoms with Crippen molar-refractivity contribution in [3.05, 3.63) is 53.5 Å². The summed E-state index contributed by atoms with van der Waals surface area (Å²) in [5, 5.41) is 17.1. The molecule has 2 atom stereocenters. The van der Waals surface area contributed by atoms with Gasteiger partial charge in [-0.1, -0.05) is 0 Å². The van der Waals surface area contributed by atoms with Gasteiger partial charge in [-0.25, -0.2) is 9.97 Å². The molecule has 1 aliphatic heterocycles. The summed E-state index contributed by atoms with van der Waals surface area (Å²) in [6, 6.07) is 8.46. The maximum atomic E-state index is 13.0. The van der Waals surface area contributed by atoms with Gasteiger partial charge in [0.05, 0.1) is 30.6 Å². The molecule has 36 heavy (non-hydrogen) atoms. The second-order valence-electron chi connectivity index (χ2n) is 8.85. The Morgan fingerprint density at radius 1 is 1.28 bits per heavy atom. The average molecular weight is 511 g/mol. The molecule has 5 N–H and O–H groups in total. The first-order chi connectivity index (χ1) is 17.3. The number of aliphatic hydroxyl groups excluding tert-OH is 1. The zero-order chi connectivity index (χ0) is 25.8.